The Labute approximate surface area is 88.2 Å². The van der Waals surface area contributed by atoms with Gasteiger partial charge in [0, 0.05) is 0 Å². The minimum absolute atomic E-state index is 0.406. The van der Waals surface area contributed by atoms with E-state index in [1.807, 2.05) is 37.3 Å². The molecule has 1 N–H and O–H groups in total. The van der Waals surface area contributed by atoms with Crippen molar-refractivity contribution in [3.63, 3.8) is 0 Å². The lowest BCUT2D eigenvalue weighted by molar-refractivity contribution is -0.142. The van der Waals surface area contributed by atoms with E-state index >= 15 is 0 Å². The van der Waals surface area contributed by atoms with Crippen molar-refractivity contribution in [3.05, 3.63) is 35.9 Å². The topological polar surface area (TPSA) is 58.9 Å². The summed E-state index contributed by atoms with van der Waals surface area (Å²) in [5.41, 5.74) is 1.70. The lowest BCUT2D eigenvalue weighted by atomic mass is 10.1. The molecule has 1 rings (SSSR count). The molecule has 0 aromatic heterocycles. The SMILES string of the molecule is CC/C(=N/OCC(=O)O)c1ccccc1. The van der Waals surface area contributed by atoms with Gasteiger partial charge in [0.2, 0.25) is 6.61 Å². The number of nitrogens with zero attached hydrogens (tertiary/aromatic N) is 1. The van der Waals surface area contributed by atoms with Crippen molar-refractivity contribution < 1.29 is 14.7 Å². The van der Waals surface area contributed by atoms with Crippen molar-refractivity contribution >= 4 is 11.7 Å². The highest BCUT2D eigenvalue weighted by atomic mass is 16.6. The monoisotopic (exact) mass is 207 g/mol. The van der Waals surface area contributed by atoms with Gasteiger partial charge in [-0.3, -0.25) is 0 Å². The van der Waals surface area contributed by atoms with Crippen molar-refractivity contribution in [2.45, 2.75) is 13.3 Å². The van der Waals surface area contributed by atoms with Crippen LogP contribution in [0, 0.1) is 0 Å². The van der Waals surface area contributed by atoms with Crippen molar-refractivity contribution in [2.75, 3.05) is 6.61 Å². The molecule has 0 aliphatic rings. The molecule has 80 valence electrons. The van der Waals surface area contributed by atoms with Gasteiger partial charge in [-0.2, -0.15) is 0 Å². The number of carbonyl (C=O) groups is 1. The summed E-state index contributed by atoms with van der Waals surface area (Å²) in [6.07, 6.45) is 0.698. The molecule has 0 aliphatic heterocycles. The Morgan fingerprint density at radius 2 is 2.07 bits per heavy atom. The summed E-state index contributed by atoms with van der Waals surface area (Å²) in [7, 11) is 0. The van der Waals surface area contributed by atoms with E-state index in [4.69, 9.17) is 9.94 Å². The maximum atomic E-state index is 10.2. The third-order valence-corrected chi connectivity index (χ3v) is 1.80. The molecule has 15 heavy (non-hydrogen) atoms. The van der Waals surface area contributed by atoms with E-state index < -0.39 is 12.6 Å². The standard InChI is InChI=1S/C11H13NO3/c1-2-10(12-15-8-11(13)14)9-6-4-3-5-7-9/h3-7H,2,8H2,1H3,(H,13,14)/b12-10-. The van der Waals surface area contributed by atoms with Gasteiger partial charge in [-0.15, -0.1) is 0 Å². The summed E-state index contributed by atoms with van der Waals surface area (Å²) >= 11 is 0. The molecule has 4 nitrogen and oxygen atoms in total. The Balaban J connectivity index is 2.67. The van der Waals surface area contributed by atoms with Gasteiger partial charge in [0.25, 0.3) is 0 Å². The first-order chi connectivity index (χ1) is 7.24. The van der Waals surface area contributed by atoms with E-state index in [1.165, 1.54) is 0 Å². The summed E-state index contributed by atoms with van der Waals surface area (Å²) in [6, 6.07) is 9.53. The third-order valence-electron chi connectivity index (χ3n) is 1.80. The first kappa shape index (κ1) is 11.2. The second kappa shape index (κ2) is 5.80. The average Bonchev–Trinajstić information content (AvgIpc) is 2.25. The van der Waals surface area contributed by atoms with E-state index in [0.717, 1.165) is 11.3 Å². The van der Waals surface area contributed by atoms with Crippen LogP contribution in [0.15, 0.2) is 35.5 Å². The molecular weight excluding hydrogens is 194 g/mol. The van der Waals surface area contributed by atoms with E-state index in [2.05, 4.69) is 5.16 Å². The van der Waals surface area contributed by atoms with Crippen LogP contribution in [0.4, 0.5) is 0 Å². The van der Waals surface area contributed by atoms with Gasteiger partial charge >= 0.3 is 5.97 Å². The first-order valence-electron chi connectivity index (χ1n) is 4.70. The molecule has 0 saturated heterocycles. The molecule has 0 heterocycles. The zero-order valence-corrected chi connectivity index (χ0v) is 8.51. The van der Waals surface area contributed by atoms with Crippen LogP contribution < -0.4 is 0 Å². The fourth-order valence-electron chi connectivity index (χ4n) is 1.12. The van der Waals surface area contributed by atoms with Gasteiger partial charge in [0.1, 0.15) is 0 Å². The van der Waals surface area contributed by atoms with Crippen molar-refractivity contribution in [2.24, 2.45) is 5.16 Å². The van der Waals surface area contributed by atoms with Gasteiger partial charge in [0.05, 0.1) is 5.71 Å². The second-order valence-corrected chi connectivity index (χ2v) is 2.92. The van der Waals surface area contributed by atoms with Gasteiger partial charge < -0.3 is 9.94 Å². The molecule has 1 aromatic rings. The van der Waals surface area contributed by atoms with Gasteiger partial charge in [-0.1, -0.05) is 42.4 Å². The van der Waals surface area contributed by atoms with E-state index in [9.17, 15) is 4.79 Å². The lowest BCUT2D eigenvalue weighted by Crippen LogP contribution is -2.06. The zero-order valence-electron chi connectivity index (χ0n) is 8.51. The molecular formula is C11H13NO3. The molecule has 0 bridgehead atoms. The Morgan fingerprint density at radius 3 is 2.60 bits per heavy atom. The van der Waals surface area contributed by atoms with Crippen LogP contribution in [0.2, 0.25) is 0 Å². The molecule has 0 saturated carbocycles. The fraction of sp³-hybridized carbons (Fsp3) is 0.273. The van der Waals surface area contributed by atoms with Crippen LogP contribution in [-0.4, -0.2) is 23.4 Å². The molecule has 0 unspecified atom stereocenters. The molecule has 0 atom stereocenters. The first-order valence-corrected chi connectivity index (χ1v) is 4.70. The maximum Gasteiger partial charge on any atom is 0.344 e. The number of carboxylic acid groups (broad SMARTS) is 1. The lowest BCUT2D eigenvalue weighted by Gasteiger charge is -2.02. The van der Waals surface area contributed by atoms with Crippen molar-refractivity contribution in [3.8, 4) is 0 Å². The van der Waals surface area contributed by atoms with Gasteiger partial charge in [0.15, 0.2) is 0 Å². The maximum absolute atomic E-state index is 10.2. The van der Waals surface area contributed by atoms with E-state index in [0.29, 0.717) is 6.42 Å². The highest BCUT2D eigenvalue weighted by Crippen LogP contribution is 2.04. The Morgan fingerprint density at radius 1 is 1.40 bits per heavy atom. The number of carboxylic acids is 1. The van der Waals surface area contributed by atoms with Gasteiger partial charge in [-0.05, 0) is 12.0 Å². The average molecular weight is 207 g/mol. The number of aliphatic carboxylic acids is 1. The second-order valence-electron chi connectivity index (χ2n) is 2.92. The zero-order chi connectivity index (χ0) is 11.1. The molecule has 0 amide bonds. The molecule has 0 radical (unpaired) electrons. The van der Waals surface area contributed by atoms with E-state index in [-0.39, 0.29) is 0 Å². The van der Waals surface area contributed by atoms with Crippen LogP contribution in [0.3, 0.4) is 0 Å². The molecule has 4 heteroatoms. The number of oxime groups is 1. The Hall–Kier alpha value is -1.84. The number of rotatable bonds is 5. The van der Waals surface area contributed by atoms with Crippen LogP contribution in [0.1, 0.15) is 18.9 Å². The highest BCUT2D eigenvalue weighted by molar-refractivity contribution is 5.99. The predicted molar refractivity (Wildman–Crippen MR) is 56.9 cm³/mol. The fourth-order valence-corrected chi connectivity index (χ4v) is 1.12. The molecule has 0 spiro atoms. The summed E-state index contributed by atoms with van der Waals surface area (Å²) in [5, 5.41) is 12.2. The third kappa shape index (κ3) is 3.81. The summed E-state index contributed by atoms with van der Waals surface area (Å²) in [6.45, 7) is 1.53. The molecule has 0 fully saturated rings. The predicted octanol–water partition coefficient (Wildman–Crippen LogP) is 1.90. The van der Waals surface area contributed by atoms with Crippen LogP contribution in [0.5, 0.6) is 0 Å². The van der Waals surface area contributed by atoms with Crippen molar-refractivity contribution in [1.29, 1.82) is 0 Å². The highest BCUT2D eigenvalue weighted by Gasteiger charge is 2.01. The summed E-state index contributed by atoms with van der Waals surface area (Å²) in [5.74, 6) is -1.03. The van der Waals surface area contributed by atoms with E-state index in [1.54, 1.807) is 0 Å². The van der Waals surface area contributed by atoms with Crippen LogP contribution in [-0.2, 0) is 9.63 Å². The van der Waals surface area contributed by atoms with Gasteiger partial charge in [-0.25, -0.2) is 4.79 Å². The quantitative estimate of drug-likeness (QED) is 0.592. The number of benzene rings is 1. The minimum Gasteiger partial charge on any atom is -0.479 e. The largest absolute Gasteiger partial charge is 0.479 e. The number of hydrogen-bond acceptors (Lipinski definition) is 3. The smallest absolute Gasteiger partial charge is 0.344 e. The number of hydrogen-bond donors (Lipinski definition) is 1. The van der Waals surface area contributed by atoms with Crippen LogP contribution in [0.25, 0.3) is 0 Å². The molecule has 0 aliphatic carbocycles. The Kier molecular flexibility index (Phi) is 4.34. The summed E-state index contributed by atoms with van der Waals surface area (Å²) < 4.78 is 0. The molecule has 1 aromatic carbocycles. The minimum atomic E-state index is -1.03. The normalized spacial score (nSPS) is 11.1. The van der Waals surface area contributed by atoms with Crippen molar-refractivity contribution in [1.82, 2.24) is 0 Å². The Bertz CT molecular complexity index is 346. The van der Waals surface area contributed by atoms with Crippen LogP contribution >= 0.6 is 0 Å². The summed E-state index contributed by atoms with van der Waals surface area (Å²) in [4.78, 5) is 14.9.